The minimum absolute atomic E-state index is 0. The van der Waals surface area contributed by atoms with E-state index in [1.807, 2.05) is 0 Å². The first-order chi connectivity index (χ1) is 5.39. The van der Waals surface area contributed by atoms with Crippen molar-refractivity contribution in [1.82, 2.24) is 0 Å². The van der Waals surface area contributed by atoms with Gasteiger partial charge in [-0.3, -0.25) is 0 Å². The van der Waals surface area contributed by atoms with Gasteiger partial charge in [-0.05, 0) is 16.6 Å². The molecule has 0 rings (SSSR count). The van der Waals surface area contributed by atoms with Gasteiger partial charge in [-0.25, -0.2) is 0 Å². The zero-order valence-corrected chi connectivity index (χ0v) is 11.5. The molecule has 0 aromatic rings. The second-order valence-corrected chi connectivity index (χ2v) is 10.1. The van der Waals surface area contributed by atoms with Gasteiger partial charge in [0.25, 0.3) is 0 Å². The summed E-state index contributed by atoms with van der Waals surface area (Å²) >= 11 is 0. The third-order valence-electron chi connectivity index (χ3n) is 3.08. The van der Waals surface area contributed by atoms with Crippen molar-refractivity contribution in [3.63, 3.8) is 0 Å². The van der Waals surface area contributed by atoms with E-state index >= 15 is 0 Å². The maximum atomic E-state index is 7.51. The predicted octanol–water partition coefficient (Wildman–Crippen LogP) is 3.79. The van der Waals surface area contributed by atoms with Crippen LogP contribution in [0, 0.1) is 12.0 Å². The largest absolute Gasteiger partial charge is 1.00 e. The van der Waals surface area contributed by atoms with Crippen LogP contribution in [0.2, 0.25) is 16.6 Å². The van der Waals surface area contributed by atoms with Crippen LogP contribution in [-0.4, -0.2) is 8.07 Å². The minimum atomic E-state index is -1.58. The van der Waals surface area contributed by atoms with E-state index < -0.39 is 8.07 Å². The molecule has 0 unspecified atom stereocenters. The summed E-state index contributed by atoms with van der Waals surface area (Å²) in [4.78, 5) is 0. The molecule has 0 saturated carbocycles. The zero-order valence-electron chi connectivity index (χ0n) is 9.53. The molecule has 0 N–H and O–H groups in total. The van der Waals surface area contributed by atoms with Crippen molar-refractivity contribution in [2.45, 2.75) is 58.2 Å². The summed E-state index contributed by atoms with van der Waals surface area (Å²) < 4.78 is 0. The molecule has 0 aliphatic heterocycles. The van der Waals surface area contributed by atoms with E-state index in [2.05, 4.69) is 47.1 Å². The normalized spacial score (nSPS) is 11.7. The molecule has 0 aromatic heterocycles. The summed E-state index contributed by atoms with van der Waals surface area (Å²) in [6.45, 7) is 13.5. The summed E-state index contributed by atoms with van der Waals surface area (Å²) in [5.41, 5.74) is 4.81. The van der Waals surface area contributed by atoms with Gasteiger partial charge in [0, 0.05) is 0 Å². The van der Waals surface area contributed by atoms with Crippen molar-refractivity contribution in [3.8, 4) is 5.54 Å². The van der Waals surface area contributed by atoms with Crippen molar-refractivity contribution < 1.29 is 17.1 Å². The van der Waals surface area contributed by atoms with Crippen LogP contribution in [0.15, 0.2) is 0 Å². The van der Waals surface area contributed by atoms with Gasteiger partial charge in [-0.2, -0.15) is 0 Å². The van der Waals surface area contributed by atoms with Crippen molar-refractivity contribution in [3.05, 3.63) is 6.42 Å². The van der Waals surface area contributed by atoms with Gasteiger partial charge in [0.1, 0.15) is 0 Å². The zero-order chi connectivity index (χ0) is 9.94. The van der Waals surface area contributed by atoms with Gasteiger partial charge >= 0.3 is 17.1 Å². The number of hydrogen-bond donors (Lipinski definition) is 0. The molecule has 0 spiro atoms. The van der Waals surface area contributed by atoms with Crippen LogP contribution >= 0.6 is 0 Å². The Kier molecular flexibility index (Phi) is 7.16. The number of rotatable bonds is 3. The molecule has 0 aliphatic carbocycles. The SMILES string of the molecule is [C-]#C[Si](C(C)C)(C(C)C)C(C)C.[Cu+]. The fourth-order valence-corrected chi connectivity index (χ4v) is 7.30. The Morgan fingerprint density at radius 1 is 0.846 bits per heavy atom. The molecule has 0 aliphatic rings. The monoisotopic (exact) mass is 244 g/mol. The smallest absolute Gasteiger partial charge is 0.701 e. The van der Waals surface area contributed by atoms with Crippen LogP contribution in [0.3, 0.4) is 0 Å². The fourth-order valence-electron chi connectivity index (χ4n) is 2.43. The third kappa shape index (κ3) is 2.87. The molecule has 0 fully saturated rings. The maximum Gasteiger partial charge on any atom is 1.00 e. The van der Waals surface area contributed by atoms with E-state index in [0.29, 0.717) is 16.6 Å². The summed E-state index contributed by atoms with van der Waals surface area (Å²) in [5, 5.41) is 0. The Morgan fingerprint density at radius 3 is 1.08 bits per heavy atom. The Hall–Kier alpha value is 0.296. The van der Waals surface area contributed by atoms with Gasteiger partial charge in [0.15, 0.2) is 0 Å². The molecule has 0 radical (unpaired) electrons. The van der Waals surface area contributed by atoms with Crippen LogP contribution in [0.5, 0.6) is 0 Å². The molecule has 0 aromatic carbocycles. The van der Waals surface area contributed by atoms with Gasteiger partial charge in [-0.1, -0.05) is 41.5 Å². The Bertz CT molecular complexity index is 155. The summed E-state index contributed by atoms with van der Waals surface area (Å²) in [7, 11) is -1.58. The Labute approximate surface area is 95.4 Å². The Balaban J connectivity index is 0. The first-order valence-corrected chi connectivity index (χ1v) is 7.06. The molecule has 13 heavy (non-hydrogen) atoms. The van der Waals surface area contributed by atoms with E-state index in [0.717, 1.165) is 0 Å². The first-order valence-electron chi connectivity index (χ1n) is 4.83. The van der Waals surface area contributed by atoms with Crippen LogP contribution in [0.25, 0.3) is 0 Å². The Morgan fingerprint density at radius 2 is 1.08 bits per heavy atom. The molecule has 0 amide bonds. The van der Waals surface area contributed by atoms with Crippen LogP contribution < -0.4 is 0 Å². The van der Waals surface area contributed by atoms with Gasteiger partial charge < -0.3 is 12.0 Å². The van der Waals surface area contributed by atoms with Crippen molar-refractivity contribution in [1.29, 1.82) is 0 Å². The quantitative estimate of drug-likeness (QED) is 0.403. The average Bonchev–Trinajstić information content (AvgIpc) is 1.86. The molecule has 0 nitrogen and oxygen atoms in total. The van der Waals surface area contributed by atoms with Gasteiger partial charge in [-0.15, -0.1) is 0 Å². The van der Waals surface area contributed by atoms with E-state index in [1.165, 1.54) is 0 Å². The summed E-state index contributed by atoms with van der Waals surface area (Å²) in [6, 6.07) is 0. The third-order valence-corrected chi connectivity index (χ3v) is 9.25. The molecular weight excluding hydrogens is 224 g/mol. The van der Waals surface area contributed by atoms with E-state index in [4.69, 9.17) is 6.42 Å². The maximum absolute atomic E-state index is 7.51. The first kappa shape index (κ1) is 15.8. The molecule has 0 heterocycles. The van der Waals surface area contributed by atoms with E-state index in [9.17, 15) is 0 Å². The fraction of sp³-hybridized carbons (Fsp3) is 0.818. The van der Waals surface area contributed by atoms with E-state index in [1.54, 1.807) is 0 Å². The van der Waals surface area contributed by atoms with Crippen molar-refractivity contribution in [2.24, 2.45) is 0 Å². The predicted molar refractivity (Wildman–Crippen MR) is 58.2 cm³/mol. The van der Waals surface area contributed by atoms with Crippen LogP contribution in [0.1, 0.15) is 41.5 Å². The summed E-state index contributed by atoms with van der Waals surface area (Å²) in [5.74, 6) is 0. The van der Waals surface area contributed by atoms with E-state index in [-0.39, 0.29) is 17.1 Å². The van der Waals surface area contributed by atoms with Crippen molar-refractivity contribution in [2.75, 3.05) is 0 Å². The molecular formula is C11H21CuSi. The van der Waals surface area contributed by atoms with Crippen LogP contribution in [-0.2, 0) is 17.1 Å². The van der Waals surface area contributed by atoms with Crippen LogP contribution in [0.4, 0.5) is 0 Å². The van der Waals surface area contributed by atoms with Gasteiger partial charge in [0.05, 0.1) is 8.07 Å². The number of hydrogen-bond acceptors (Lipinski definition) is 0. The van der Waals surface area contributed by atoms with Gasteiger partial charge in [0.2, 0.25) is 0 Å². The molecule has 80 valence electrons. The molecule has 0 saturated heterocycles. The summed E-state index contributed by atoms with van der Waals surface area (Å²) in [6.07, 6.45) is 7.51. The second-order valence-electron chi connectivity index (χ2n) is 4.52. The minimum Gasteiger partial charge on any atom is -0.701 e. The topological polar surface area (TPSA) is 0 Å². The molecule has 2 heteroatoms. The second kappa shape index (κ2) is 5.91. The average molecular weight is 245 g/mol. The molecule has 0 bridgehead atoms. The van der Waals surface area contributed by atoms with Crippen molar-refractivity contribution >= 4 is 8.07 Å². The standard InChI is InChI=1S/C11H21Si.Cu/c1-8-12(9(2)3,10(4)5)11(6)7;/h9-11H,2-7H3;/q-1;+1. The molecule has 0 atom stereocenters.